The molecule has 1 atom stereocenters. The molecular weight excluding hydrogens is 394 g/mol. The predicted octanol–water partition coefficient (Wildman–Crippen LogP) is 3.39. The molecule has 2 N–H and O–H groups in total. The highest BCUT2D eigenvalue weighted by atomic mass is 28.4. The Balaban J connectivity index is 2.25. The summed E-state index contributed by atoms with van der Waals surface area (Å²) in [4.78, 5) is 35.8. The molecule has 6 heteroatoms. The van der Waals surface area contributed by atoms with Crippen LogP contribution in [-0.4, -0.2) is 37.1 Å². The van der Waals surface area contributed by atoms with E-state index in [0.29, 0.717) is 12.8 Å². The summed E-state index contributed by atoms with van der Waals surface area (Å²) in [7, 11) is -3.15. The first-order valence-electron chi connectivity index (χ1n) is 10.3. The number of alkyl carbamates (subject to hydrolysis) is 1. The van der Waals surface area contributed by atoms with E-state index >= 15 is 0 Å². The third kappa shape index (κ3) is 5.80. The summed E-state index contributed by atoms with van der Waals surface area (Å²) >= 11 is 0. The van der Waals surface area contributed by atoms with E-state index in [0.717, 1.165) is 16.7 Å². The van der Waals surface area contributed by atoms with E-state index in [9.17, 15) is 14.4 Å². The zero-order valence-corrected chi connectivity index (χ0v) is 19.5. The second-order valence-electron chi connectivity index (χ2n) is 9.25. The predicted molar refractivity (Wildman–Crippen MR) is 123 cm³/mol. The Morgan fingerprint density at radius 1 is 1.00 bits per heavy atom. The number of carbonyl (C=O) groups excluding carboxylic acids is 2. The lowest BCUT2D eigenvalue weighted by Crippen LogP contribution is -2.65. The number of rotatable bonds is 8. The van der Waals surface area contributed by atoms with Gasteiger partial charge >= 0.3 is 6.09 Å². The van der Waals surface area contributed by atoms with Crippen LogP contribution in [0.1, 0.15) is 47.5 Å². The number of benzene rings is 2. The van der Waals surface area contributed by atoms with E-state index < -0.39 is 31.1 Å². The normalized spacial score (nSPS) is 13.4. The van der Waals surface area contributed by atoms with Gasteiger partial charge in [0.25, 0.3) is 8.32 Å². The van der Waals surface area contributed by atoms with Crippen molar-refractivity contribution in [2.75, 3.05) is 0 Å². The molecule has 1 amide bonds. The summed E-state index contributed by atoms with van der Waals surface area (Å²) in [6.07, 6.45) is 1.07. The lowest BCUT2D eigenvalue weighted by molar-refractivity contribution is -0.109. The van der Waals surface area contributed by atoms with Crippen molar-refractivity contribution < 1.29 is 19.1 Å². The molecule has 2 aromatic carbocycles. The maximum atomic E-state index is 12.1. The number of nitrogens with one attached hydrogen (secondary N) is 1. The van der Waals surface area contributed by atoms with Crippen LogP contribution in [0.3, 0.4) is 0 Å². The fourth-order valence-electron chi connectivity index (χ4n) is 3.64. The smallest absolute Gasteiger partial charge is 0.408 e. The number of hydrogen-bond acceptors (Lipinski definition) is 4. The van der Waals surface area contributed by atoms with E-state index in [2.05, 4.69) is 5.32 Å². The number of aldehydes is 1. The van der Waals surface area contributed by atoms with Gasteiger partial charge in [0.2, 0.25) is 0 Å². The van der Waals surface area contributed by atoms with Gasteiger partial charge in [-0.15, -0.1) is 0 Å². The SMILES string of the molecule is CC(C)(C)OC(=O)N[C@@H](C=O)CCC(C)(C)[Si](O)(c1ccccc1)c1ccccc1. The largest absolute Gasteiger partial charge is 0.444 e. The van der Waals surface area contributed by atoms with Crippen LogP contribution in [0.25, 0.3) is 0 Å². The molecule has 0 saturated carbocycles. The van der Waals surface area contributed by atoms with E-state index in [1.165, 1.54) is 0 Å². The fraction of sp³-hybridized carbons (Fsp3) is 0.417. The molecule has 162 valence electrons. The lowest BCUT2D eigenvalue weighted by atomic mass is 10.0. The molecule has 0 spiro atoms. The fourth-order valence-corrected chi connectivity index (χ4v) is 7.39. The molecular formula is C24H33NO4Si. The third-order valence-corrected chi connectivity index (χ3v) is 9.86. The summed E-state index contributed by atoms with van der Waals surface area (Å²) in [6.45, 7) is 9.40. The number of ether oxygens (including phenoxy) is 1. The molecule has 0 radical (unpaired) electrons. The second-order valence-corrected chi connectivity index (χ2v) is 13.2. The van der Waals surface area contributed by atoms with Gasteiger partial charge in [-0.1, -0.05) is 74.5 Å². The monoisotopic (exact) mass is 427 g/mol. The van der Waals surface area contributed by atoms with Crippen LogP contribution >= 0.6 is 0 Å². The number of amides is 1. The van der Waals surface area contributed by atoms with E-state index in [-0.39, 0.29) is 0 Å². The molecule has 0 aliphatic rings. The first-order valence-corrected chi connectivity index (χ1v) is 12.2. The van der Waals surface area contributed by atoms with Crippen LogP contribution in [0.15, 0.2) is 60.7 Å². The van der Waals surface area contributed by atoms with Crippen LogP contribution in [0, 0.1) is 0 Å². The van der Waals surface area contributed by atoms with Gasteiger partial charge in [0.15, 0.2) is 0 Å². The van der Waals surface area contributed by atoms with Gasteiger partial charge in [-0.25, -0.2) is 4.79 Å². The van der Waals surface area contributed by atoms with Crippen molar-refractivity contribution in [2.45, 2.75) is 64.1 Å². The van der Waals surface area contributed by atoms with Gasteiger partial charge < -0.3 is 19.6 Å². The molecule has 2 rings (SSSR count). The zero-order chi connectivity index (χ0) is 22.4. The molecule has 2 aromatic rings. The van der Waals surface area contributed by atoms with Gasteiger partial charge in [0.1, 0.15) is 11.9 Å². The van der Waals surface area contributed by atoms with Crippen molar-refractivity contribution in [2.24, 2.45) is 0 Å². The maximum Gasteiger partial charge on any atom is 0.408 e. The standard InChI is InChI=1S/C24H33NO4Si/c1-23(2,3)29-22(27)25-19(18-26)16-17-24(4,5)30(28,20-12-8-6-9-13-20)21-14-10-7-11-15-21/h6-15,18-19,28H,16-17H2,1-5H3,(H,25,27)/t19-/m1/s1. The molecule has 0 heterocycles. The van der Waals surface area contributed by atoms with Gasteiger partial charge in [0.05, 0.1) is 6.04 Å². The van der Waals surface area contributed by atoms with Crippen LogP contribution in [0.5, 0.6) is 0 Å². The van der Waals surface area contributed by atoms with Gasteiger partial charge in [-0.2, -0.15) is 0 Å². The summed E-state index contributed by atoms with van der Waals surface area (Å²) in [5.41, 5.74) is -0.634. The molecule has 0 aliphatic heterocycles. The number of carbonyl (C=O) groups is 2. The van der Waals surface area contributed by atoms with Gasteiger partial charge in [-0.05, 0) is 49.0 Å². The van der Waals surface area contributed by atoms with Crippen LogP contribution in [0.2, 0.25) is 5.04 Å². The summed E-state index contributed by atoms with van der Waals surface area (Å²) in [6, 6.07) is 18.8. The molecule has 0 fully saturated rings. The van der Waals surface area contributed by atoms with Gasteiger partial charge in [0, 0.05) is 0 Å². The Kier molecular flexibility index (Phi) is 7.61. The summed E-state index contributed by atoms with van der Waals surface area (Å²) < 4.78 is 5.26. The van der Waals surface area contributed by atoms with Crippen molar-refractivity contribution in [3.05, 3.63) is 60.7 Å². The Labute approximate surface area is 180 Å². The average molecular weight is 428 g/mol. The first kappa shape index (κ1) is 23.8. The summed E-state index contributed by atoms with van der Waals surface area (Å²) in [5, 5.41) is 3.98. The first-order chi connectivity index (χ1) is 14.0. The van der Waals surface area contributed by atoms with Crippen molar-refractivity contribution in [3.63, 3.8) is 0 Å². The Bertz CT molecular complexity index is 792. The molecule has 5 nitrogen and oxygen atoms in total. The molecule has 0 bridgehead atoms. The highest BCUT2D eigenvalue weighted by Crippen LogP contribution is 2.40. The third-order valence-electron chi connectivity index (χ3n) is 5.31. The van der Waals surface area contributed by atoms with Crippen LogP contribution in [-0.2, 0) is 9.53 Å². The van der Waals surface area contributed by atoms with E-state index in [1.807, 2.05) is 74.5 Å². The van der Waals surface area contributed by atoms with Crippen molar-refractivity contribution >= 4 is 31.1 Å². The second kappa shape index (κ2) is 9.58. The van der Waals surface area contributed by atoms with Crippen LogP contribution < -0.4 is 15.7 Å². The molecule has 30 heavy (non-hydrogen) atoms. The van der Waals surface area contributed by atoms with E-state index in [1.54, 1.807) is 20.8 Å². The van der Waals surface area contributed by atoms with Gasteiger partial charge in [-0.3, -0.25) is 0 Å². The molecule has 0 aromatic heterocycles. The minimum absolute atomic E-state index is 0.407. The minimum atomic E-state index is -3.15. The van der Waals surface area contributed by atoms with Crippen LogP contribution in [0.4, 0.5) is 4.79 Å². The average Bonchev–Trinajstić information content (AvgIpc) is 2.70. The molecule has 0 unspecified atom stereocenters. The highest BCUT2D eigenvalue weighted by Gasteiger charge is 2.49. The number of hydrogen-bond donors (Lipinski definition) is 2. The molecule has 0 saturated heterocycles. The Morgan fingerprint density at radius 2 is 1.47 bits per heavy atom. The lowest BCUT2D eigenvalue weighted by Gasteiger charge is -2.41. The minimum Gasteiger partial charge on any atom is -0.444 e. The zero-order valence-electron chi connectivity index (χ0n) is 18.5. The van der Waals surface area contributed by atoms with Crippen molar-refractivity contribution in [1.82, 2.24) is 5.32 Å². The maximum absolute atomic E-state index is 12.1. The quantitative estimate of drug-likeness (QED) is 0.500. The van der Waals surface area contributed by atoms with Crippen molar-refractivity contribution in [3.8, 4) is 0 Å². The van der Waals surface area contributed by atoms with Crippen molar-refractivity contribution in [1.29, 1.82) is 0 Å². The van der Waals surface area contributed by atoms with E-state index in [4.69, 9.17) is 4.74 Å². The summed E-state index contributed by atoms with van der Waals surface area (Å²) in [5.74, 6) is 0. The molecule has 0 aliphatic carbocycles. The highest BCUT2D eigenvalue weighted by molar-refractivity contribution is 6.98. The Hall–Kier alpha value is -2.44. The Morgan fingerprint density at radius 3 is 1.87 bits per heavy atom. The topological polar surface area (TPSA) is 75.6 Å².